The number of hydrogen-bond acceptors (Lipinski definition) is 12. The molecule has 3 amide bonds. The number of halogens is 1. The second kappa shape index (κ2) is 13.6. The molecule has 3 unspecified atom stereocenters. The van der Waals surface area contributed by atoms with Crippen molar-refractivity contribution in [3.8, 4) is 0 Å². The first kappa shape index (κ1) is 32.9. The SMILES string of the molecule is CCOP(=O)(OCC)C(C(=O)NC1C(=O)N(S(=O)(=O)O)C1C(=O)OC)c1csc(NC(=O)CCl)n1.[H-].[Na+]. The fraction of sp³-hybridized carbons (Fsp3) is 0.562. The number of carbonyl (C=O) groups is 4. The number of β-lactam (4-membered cyclic amide) rings is 1. The minimum atomic E-state index is -5.15. The zero-order valence-corrected chi connectivity index (χ0v) is 24.8. The van der Waals surface area contributed by atoms with Crippen molar-refractivity contribution in [1.82, 2.24) is 14.6 Å². The largest absolute Gasteiger partial charge is 1.00 e. The van der Waals surface area contributed by atoms with Crippen LogP contribution < -0.4 is 40.2 Å². The molecule has 0 aliphatic carbocycles. The molecule has 1 aromatic heterocycles. The van der Waals surface area contributed by atoms with E-state index in [0.29, 0.717) is 0 Å². The van der Waals surface area contributed by atoms with Gasteiger partial charge in [0.2, 0.25) is 11.8 Å². The summed E-state index contributed by atoms with van der Waals surface area (Å²) in [4.78, 5) is 53.3. The van der Waals surface area contributed by atoms with Gasteiger partial charge in [0.25, 0.3) is 5.91 Å². The molecule has 1 fully saturated rings. The number of esters is 1. The van der Waals surface area contributed by atoms with Gasteiger partial charge in [-0.3, -0.25) is 23.5 Å². The van der Waals surface area contributed by atoms with Crippen molar-refractivity contribution in [3.63, 3.8) is 0 Å². The van der Waals surface area contributed by atoms with Crippen LogP contribution in [0.4, 0.5) is 5.13 Å². The fourth-order valence-electron chi connectivity index (χ4n) is 3.05. The summed E-state index contributed by atoms with van der Waals surface area (Å²) in [5.41, 5.74) is -1.96. The molecular formula is C16H23ClN4NaO11PS2. The summed E-state index contributed by atoms with van der Waals surface area (Å²) in [7, 11) is -8.56. The first-order valence-electron chi connectivity index (χ1n) is 9.73. The number of thiazole rings is 1. The summed E-state index contributed by atoms with van der Waals surface area (Å²) < 4.78 is 60.6. The number of alkyl halides is 1. The molecule has 0 bridgehead atoms. The van der Waals surface area contributed by atoms with Gasteiger partial charge in [0.15, 0.2) is 16.8 Å². The van der Waals surface area contributed by atoms with Crippen LogP contribution in [0, 0.1) is 0 Å². The third-order valence-corrected chi connectivity index (χ3v) is 8.68. The van der Waals surface area contributed by atoms with Crippen molar-refractivity contribution < 1.29 is 81.5 Å². The van der Waals surface area contributed by atoms with E-state index in [2.05, 4.69) is 20.4 Å². The molecule has 0 radical (unpaired) electrons. The van der Waals surface area contributed by atoms with E-state index in [9.17, 15) is 36.7 Å². The number of methoxy groups -OCH3 is 1. The first-order valence-corrected chi connectivity index (χ1v) is 14.2. The van der Waals surface area contributed by atoms with Gasteiger partial charge in [-0.1, -0.05) is 0 Å². The van der Waals surface area contributed by atoms with Gasteiger partial charge in [0.05, 0.1) is 26.0 Å². The minimum Gasteiger partial charge on any atom is -1.00 e. The Morgan fingerprint density at radius 2 is 1.92 bits per heavy atom. The number of aromatic nitrogens is 1. The molecule has 1 aromatic rings. The maximum absolute atomic E-state index is 13.5. The van der Waals surface area contributed by atoms with Crippen molar-refractivity contribution in [1.29, 1.82) is 0 Å². The number of anilines is 1. The third kappa shape index (κ3) is 7.24. The van der Waals surface area contributed by atoms with Gasteiger partial charge in [-0.2, -0.15) is 12.7 Å². The number of nitrogens with one attached hydrogen (secondary N) is 2. The van der Waals surface area contributed by atoms with E-state index in [1.807, 2.05) is 0 Å². The van der Waals surface area contributed by atoms with Gasteiger partial charge in [0, 0.05) is 5.38 Å². The van der Waals surface area contributed by atoms with Gasteiger partial charge in [-0.15, -0.1) is 22.9 Å². The van der Waals surface area contributed by atoms with E-state index >= 15 is 0 Å². The molecule has 20 heteroatoms. The smallest absolute Gasteiger partial charge is 1.00 e. The van der Waals surface area contributed by atoms with Crippen molar-refractivity contribution in [3.05, 3.63) is 11.1 Å². The molecule has 1 saturated heterocycles. The topological polar surface area (TPSA) is 208 Å². The Kier molecular flexibility index (Phi) is 12.4. The van der Waals surface area contributed by atoms with E-state index in [-0.39, 0.29) is 65.2 Å². The van der Waals surface area contributed by atoms with Crippen LogP contribution in [0.5, 0.6) is 0 Å². The van der Waals surface area contributed by atoms with Crippen LogP contribution in [0.3, 0.4) is 0 Å². The molecule has 1 aliphatic heterocycles. The van der Waals surface area contributed by atoms with Crippen molar-refractivity contribution in [2.75, 3.05) is 31.5 Å². The minimum absolute atomic E-state index is 0. The second-order valence-corrected chi connectivity index (χ2v) is 11.1. The Morgan fingerprint density at radius 3 is 2.39 bits per heavy atom. The predicted molar refractivity (Wildman–Crippen MR) is 122 cm³/mol. The van der Waals surface area contributed by atoms with E-state index in [0.717, 1.165) is 18.4 Å². The van der Waals surface area contributed by atoms with Gasteiger partial charge in [-0.25, -0.2) is 9.78 Å². The van der Waals surface area contributed by atoms with Crippen LogP contribution >= 0.6 is 30.5 Å². The summed E-state index contributed by atoms with van der Waals surface area (Å²) in [5.74, 6) is -4.73. The molecule has 15 nitrogen and oxygen atoms in total. The summed E-state index contributed by atoms with van der Waals surface area (Å²) >= 11 is 6.31. The molecule has 0 spiro atoms. The summed E-state index contributed by atoms with van der Waals surface area (Å²) in [5, 5.41) is 5.78. The zero-order valence-electron chi connectivity index (χ0n) is 20.5. The number of nitrogens with zero attached hydrogens (tertiary/aromatic N) is 2. The third-order valence-electron chi connectivity index (χ3n) is 4.39. The Balaban J connectivity index is 0.00000648. The normalized spacial score (nSPS) is 18.5. The van der Waals surface area contributed by atoms with E-state index in [4.69, 9.17) is 20.6 Å². The van der Waals surface area contributed by atoms with E-state index < -0.39 is 59.3 Å². The van der Waals surface area contributed by atoms with E-state index in [1.165, 1.54) is 19.2 Å². The van der Waals surface area contributed by atoms with Gasteiger partial charge < -0.3 is 25.8 Å². The quantitative estimate of drug-likeness (QED) is 0.0564. The maximum atomic E-state index is 13.5. The molecule has 0 saturated carbocycles. The first-order chi connectivity index (χ1) is 16.3. The molecule has 1 aliphatic rings. The van der Waals surface area contributed by atoms with Crippen LogP contribution in [0.15, 0.2) is 5.38 Å². The van der Waals surface area contributed by atoms with Crippen LogP contribution in [-0.4, -0.2) is 84.2 Å². The monoisotopic (exact) mass is 600 g/mol. The Morgan fingerprint density at radius 1 is 1.33 bits per heavy atom. The van der Waals surface area contributed by atoms with Crippen molar-refractivity contribution in [2.45, 2.75) is 31.6 Å². The van der Waals surface area contributed by atoms with Crippen molar-refractivity contribution >= 4 is 69.7 Å². The maximum Gasteiger partial charge on any atom is 1.00 e. The van der Waals surface area contributed by atoms with E-state index in [1.54, 1.807) is 0 Å². The van der Waals surface area contributed by atoms with Gasteiger partial charge in [0.1, 0.15) is 11.9 Å². The predicted octanol–water partition coefficient (Wildman–Crippen LogP) is -2.58. The Labute approximate surface area is 238 Å². The molecule has 3 atom stereocenters. The number of ether oxygens (including phenoxy) is 1. The number of rotatable bonds is 12. The Bertz CT molecular complexity index is 1150. The van der Waals surface area contributed by atoms with Gasteiger partial charge >= 0.3 is 53.4 Å². The average Bonchev–Trinajstić information content (AvgIpc) is 3.21. The molecule has 0 aromatic carbocycles. The second-order valence-electron chi connectivity index (χ2n) is 6.60. The van der Waals surface area contributed by atoms with Crippen LogP contribution in [0.2, 0.25) is 0 Å². The molecule has 2 heterocycles. The van der Waals surface area contributed by atoms with Crippen LogP contribution in [0.25, 0.3) is 0 Å². The number of carbonyl (C=O) groups excluding carboxylic acids is 4. The summed E-state index contributed by atoms with van der Waals surface area (Å²) in [6, 6.07) is -3.70. The summed E-state index contributed by atoms with van der Waals surface area (Å²) in [6.07, 6.45) is 0. The summed E-state index contributed by atoms with van der Waals surface area (Å²) in [6.45, 7) is 2.68. The standard InChI is InChI=1S/C16H22ClN4O11PS2.Na.H/c1-4-31-33(26,32-5-2)12(8-7-34-16(18-8)19-9(22)6-17)13(23)20-10-11(15(25)30-3)21(14(10)24)35(27,28)29;;/h7,10-12H,4-6H2,1-3H3,(H,20,23)(H,18,19,22)(H,27,28,29);;/q;+1;-1. The van der Waals surface area contributed by atoms with Crippen LogP contribution in [-0.2, 0) is 47.8 Å². The fourth-order valence-corrected chi connectivity index (χ4v) is 6.72. The van der Waals surface area contributed by atoms with Gasteiger partial charge in [-0.05, 0) is 13.8 Å². The molecular weight excluding hydrogens is 578 g/mol. The molecule has 3 N–H and O–H groups in total. The van der Waals surface area contributed by atoms with Crippen molar-refractivity contribution in [2.24, 2.45) is 0 Å². The molecule has 36 heavy (non-hydrogen) atoms. The average molecular weight is 601 g/mol. The van der Waals surface area contributed by atoms with Crippen LogP contribution in [0.1, 0.15) is 26.6 Å². The number of hydrogen-bond donors (Lipinski definition) is 3. The Hall–Kier alpha value is -1.14. The zero-order chi connectivity index (χ0) is 26.6. The number of amides is 3. The molecule has 2 rings (SSSR count). The molecule has 198 valence electrons.